The second-order valence-electron chi connectivity index (χ2n) is 7.15. The molecule has 158 valence electrons. The first-order chi connectivity index (χ1) is 14.3. The summed E-state index contributed by atoms with van der Waals surface area (Å²) in [5.74, 6) is -0.494. The molecule has 0 spiro atoms. The molecule has 1 fully saturated rings. The second kappa shape index (κ2) is 9.67. The number of anilines is 2. The number of amides is 1. The minimum atomic E-state index is -0.947. The number of carbonyl (C=O) groups excluding carboxylic acids is 3. The van der Waals surface area contributed by atoms with Gasteiger partial charge in [0.25, 0.3) is 5.91 Å². The fourth-order valence-electron chi connectivity index (χ4n) is 3.23. The summed E-state index contributed by atoms with van der Waals surface area (Å²) in [6.07, 6.45) is 1.83. The molecule has 1 unspecified atom stereocenters. The highest BCUT2D eigenvalue weighted by molar-refractivity contribution is 6.28. The van der Waals surface area contributed by atoms with E-state index in [1.165, 1.54) is 13.8 Å². The number of carbonyl (C=O) groups is 3. The van der Waals surface area contributed by atoms with Gasteiger partial charge in [0.15, 0.2) is 11.9 Å². The van der Waals surface area contributed by atoms with Gasteiger partial charge in [0.2, 0.25) is 5.28 Å². The van der Waals surface area contributed by atoms with Gasteiger partial charge in [0, 0.05) is 30.5 Å². The first kappa shape index (κ1) is 21.7. The van der Waals surface area contributed by atoms with E-state index in [4.69, 9.17) is 16.3 Å². The van der Waals surface area contributed by atoms with Gasteiger partial charge in [0.05, 0.1) is 5.92 Å². The number of ketones is 1. The van der Waals surface area contributed by atoms with Crippen molar-refractivity contribution in [3.63, 3.8) is 0 Å². The molecule has 0 aliphatic carbocycles. The Hall–Kier alpha value is -3.00. The van der Waals surface area contributed by atoms with Crippen LogP contribution in [0.4, 0.5) is 11.5 Å². The number of ether oxygens (including phenoxy) is 1. The summed E-state index contributed by atoms with van der Waals surface area (Å²) < 4.78 is 5.38. The van der Waals surface area contributed by atoms with Crippen LogP contribution in [-0.2, 0) is 14.3 Å². The van der Waals surface area contributed by atoms with Gasteiger partial charge in [0.1, 0.15) is 5.82 Å². The first-order valence-electron chi connectivity index (χ1n) is 9.69. The Labute approximate surface area is 179 Å². The lowest BCUT2D eigenvalue weighted by Gasteiger charge is -2.32. The molecular formula is C21H23ClN4O4. The Morgan fingerprint density at radius 3 is 2.63 bits per heavy atom. The van der Waals surface area contributed by atoms with E-state index >= 15 is 0 Å². The number of piperidine rings is 1. The van der Waals surface area contributed by atoms with Crippen molar-refractivity contribution in [1.29, 1.82) is 0 Å². The minimum absolute atomic E-state index is 0.0962. The summed E-state index contributed by atoms with van der Waals surface area (Å²) in [7, 11) is 0. The van der Waals surface area contributed by atoms with Crippen molar-refractivity contribution in [2.75, 3.05) is 23.3 Å². The van der Waals surface area contributed by atoms with Crippen LogP contribution in [0.15, 0.2) is 36.5 Å². The number of benzene rings is 1. The molecule has 1 aromatic heterocycles. The van der Waals surface area contributed by atoms with Crippen LogP contribution in [0.2, 0.25) is 5.28 Å². The normalized spacial score (nSPS) is 15.4. The van der Waals surface area contributed by atoms with Gasteiger partial charge in [-0.05, 0) is 56.5 Å². The zero-order valence-electron chi connectivity index (χ0n) is 16.8. The van der Waals surface area contributed by atoms with Gasteiger partial charge in [-0.2, -0.15) is 0 Å². The van der Waals surface area contributed by atoms with Gasteiger partial charge in [-0.1, -0.05) is 12.1 Å². The number of hydrogen-bond acceptors (Lipinski definition) is 7. The summed E-state index contributed by atoms with van der Waals surface area (Å²) in [4.78, 5) is 46.4. The van der Waals surface area contributed by atoms with Crippen molar-refractivity contribution >= 4 is 40.8 Å². The van der Waals surface area contributed by atoms with E-state index in [9.17, 15) is 14.4 Å². The Kier molecular flexibility index (Phi) is 6.99. The Balaban J connectivity index is 1.50. The van der Waals surface area contributed by atoms with Crippen LogP contribution in [0.25, 0.3) is 0 Å². The third-order valence-electron chi connectivity index (χ3n) is 4.96. The number of esters is 1. The van der Waals surface area contributed by atoms with Crippen LogP contribution in [0.1, 0.15) is 37.0 Å². The van der Waals surface area contributed by atoms with Crippen LogP contribution < -0.4 is 10.2 Å². The molecule has 0 saturated carbocycles. The highest BCUT2D eigenvalue weighted by atomic mass is 35.5. The monoisotopic (exact) mass is 430 g/mol. The number of halogens is 1. The molecule has 1 saturated heterocycles. The van der Waals surface area contributed by atoms with E-state index in [0.29, 0.717) is 37.2 Å². The van der Waals surface area contributed by atoms with Crippen molar-refractivity contribution in [2.24, 2.45) is 5.92 Å². The van der Waals surface area contributed by atoms with Gasteiger partial charge < -0.3 is 15.0 Å². The topological polar surface area (TPSA) is 101 Å². The van der Waals surface area contributed by atoms with Crippen LogP contribution in [0.5, 0.6) is 0 Å². The zero-order valence-corrected chi connectivity index (χ0v) is 17.6. The molecule has 3 rings (SSSR count). The van der Waals surface area contributed by atoms with E-state index in [1.807, 2.05) is 4.90 Å². The molecule has 9 heteroatoms. The number of nitrogens with zero attached hydrogens (tertiary/aromatic N) is 3. The van der Waals surface area contributed by atoms with E-state index in [1.54, 1.807) is 36.5 Å². The standard InChI is InChI=1S/C21H23ClN4O4/c1-13(27)16-4-3-5-17(12-16)24-19(28)14(2)30-20(29)15-7-10-26(11-8-15)18-6-9-23-21(22)25-18/h3-6,9,12,14-15H,7-8,10-11H2,1-2H3,(H,24,28). The fourth-order valence-corrected chi connectivity index (χ4v) is 3.37. The number of hydrogen-bond donors (Lipinski definition) is 1. The molecule has 8 nitrogen and oxygen atoms in total. The quantitative estimate of drug-likeness (QED) is 0.426. The molecule has 1 atom stereocenters. The number of aromatic nitrogens is 2. The Bertz CT molecular complexity index is 944. The molecule has 1 aliphatic rings. The molecule has 0 radical (unpaired) electrons. The lowest BCUT2D eigenvalue weighted by molar-refractivity contribution is -0.157. The van der Waals surface area contributed by atoms with Crippen molar-refractivity contribution in [3.8, 4) is 0 Å². The molecular weight excluding hydrogens is 408 g/mol. The van der Waals surface area contributed by atoms with Crippen molar-refractivity contribution < 1.29 is 19.1 Å². The molecule has 2 aromatic rings. The molecule has 0 bridgehead atoms. The van der Waals surface area contributed by atoms with Crippen LogP contribution >= 0.6 is 11.6 Å². The Morgan fingerprint density at radius 2 is 1.97 bits per heavy atom. The third-order valence-corrected chi connectivity index (χ3v) is 5.14. The third kappa shape index (κ3) is 5.54. The summed E-state index contributed by atoms with van der Waals surface area (Å²) >= 11 is 5.83. The van der Waals surface area contributed by atoms with Crippen molar-refractivity contribution in [1.82, 2.24) is 9.97 Å². The molecule has 1 aliphatic heterocycles. The maximum absolute atomic E-state index is 12.5. The number of nitrogens with one attached hydrogen (secondary N) is 1. The van der Waals surface area contributed by atoms with Gasteiger partial charge in [-0.25, -0.2) is 9.97 Å². The summed E-state index contributed by atoms with van der Waals surface area (Å²) in [6, 6.07) is 8.39. The SMILES string of the molecule is CC(=O)c1cccc(NC(=O)C(C)OC(=O)C2CCN(c3ccnc(Cl)n3)CC2)c1. The highest BCUT2D eigenvalue weighted by Gasteiger charge is 2.29. The molecule has 2 heterocycles. The van der Waals surface area contributed by atoms with E-state index in [0.717, 1.165) is 5.82 Å². The van der Waals surface area contributed by atoms with E-state index in [-0.39, 0.29) is 17.0 Å². The van der Waals surface area contributed by atoms with Gasteiger partial charge >= 0.3 is 5.97 Å². The highest BCUT2D eigenvalue weighted by Crippen LogP contribution is 2.24. The van der Waals surface area contributed by atoms with Crippen LogP contribution in [-0.4, -0.2) is 46.8 Å². The predicted molar refractivity (Wildman–Crippen MR) is 113 cm³/mol. The number of Topliss-reactive ketones (excluding diaryl/α,β-unsaturated/α-hetero) is 1. The summed E-state index contributed by atoms with van der Waals surface area (Å²) in [5, 5.41) is 2.86. The molecule has 1 N–H and O–H groups in total. The summed E-state index contributed by atoms with van der Waals surface area (Å²) in [6.45, 7) is 4.24. The number of rotatable bonds is 6. The van der Waals surface area contributed by atoms with Gasteiger partial charge in [-0.3, -0.25) is 14.4 Å². The molecule has 1 aromatic carbocycles. The largest absolute Gasteiger partial charge is 0.452 e. The van der Waals surface area contributed by atoms with Crippen molar-refractivity contribution in [3.05, 3.63) is 47.4 Å². The molecule has 1 amide bonds. The smallest absolute Gasteiger partial charge is 0.309 e. The maximum atomic E-state index is 12.5. The van der Waals surface area contributed by atoms with E-state index in [2.05, 4.69) is 15.3 Å². The minimum Gasteiger partial charge on any atom is -0.452 e. The second-order valence-corrected chi connectivity index (χ2v) is 7.49. The predicted octanol–water partition coefficient (Wildman–Crippen LogP) is 3.12. The van der Waals surface area contributed by atoms with E-state index < -0.39 is 18.0 Å². The summed E-state index contributed by atoms with van der Waals surface area (Å²) in [5.41, 5.74) is 0.974. The Morgan fingerprint density at radius 1 is 1.23 bits per heavy atom. The average molecular weight is 431 g/mol. The first-order valence-corrected chi connectivity index (χ1v) is 10.1. The van der Waals surface area contributed by atoms with Crippen LogP contribution in [0.3, 0.4) is 0 Å². The lowest BCUT2D eigenvalue weighted by Crippen LogP contribution is -2.39. The molecule has 30 heavy (non-hydrogen) atoms. The van der Waals surface area contributed by atoms with Crippen molar-refractivity contribution in [2.45, 2.75) is 32.8 Å². The van der Waals surface area contributed by atoms with Gasteiger partial charge in [-0.15, -0.1) is 0 Å². The average Bonchev–Trinajstić information content (AvgIpc) is 2.74. The lowest BCUT2D eigenvalue weighted by atomic mass is 9.97. The maximum Gasteiger partial charge on any atom is 0.309 e. The fraction of sp³-hybridized carbons (Fsp3) is 0.381. The zero-order chi connectivity index (χ0) is 21.7. The van der Waals surface area contributed by atoms with Crippen LogP contribution in [0, 0.1) is 5.92 Å².